The van der Waals surface area contributed by atoms with Crippen LogP contribution < -0.4 is 0 Å². The second-order valence-electron chi connectivity index (χ2n) is 3.05. The maximum absolute atomic E-state index is 11.4. The minimum atomic E-state index is -0.860. The molecule has 0 fully saturated rings. The number of Topliss-reactive ketones (excluding diaryl/α,β-unsaturated/α-hetero) is 1. The molecule has 0 bridgehead atoms. The lowest BCUT2D eigenvalue weighted by Gasteiger charge is -1.97. The summed E-state index contributed by atoms with van der Waals surface area (Å²) < 4.78 is 4.57. The molecule has 0 rings (SSSR count). The third kappa shape index (κ3) is 5.08. The standard InChI is InChI=1S/C10H16N2O3/c1-3-5-6-7-8(13)9(12-11)10(14)15-4-2/h3-7H2,1-2H3. The average molecular weight is 212 g/mol. The smallest absolute Gasteiger partial charge is 0.441 e. The summed E-state index contributed by atoms with van der Waals surface area (Å²) in [6.45, 7) is 3.78. The van der Waals surface area contributed by atoms with E-state index in [0.717, 1.165) is 12.8 Å². The lowest BCUT2D eigenvalue weighted by Crippen LogP contribution is -2.27. The summed E-state index contributed by atoms with van der Waals surface area (Å²) in [5, 5.41) is 0. The Morgan fingerprint density at radius 2 is 1.93 bits per heavy atom. The van der Waals surface area contributed by atoms with Gasteiger partial charge in [-0.05, 0) is 13.3 Å². The summed E-state index contributed by atoms with van der Waals surface area (Å²) in [4.78, 5) is 25.2. The number of esters is 1. The van der Waals surface area contributed by atoms with E-state index in [2.05, 4.69) is 9.53 Å². The number of carbonyl (C=O) groups is 2. The molecule has 0 aromatic carbocycles. The van der Waals surface area contributed by atoms with Gasteiger partial charge in [-0.25, -0.2) is 4.79 Å². The fourth-order valence-electron chi connectivity index (χ4n) is 1.06. The van der Waals surface area contributed by atoms with E-state index in [1.165, 1.54) is 0 Å². The number of ketones is 1. The molecule has 0 heterocycles. The Morgan fingerprint density at radius 1 is 1.27 bits per heavy atom. The van der Waals surface area contributed by atoms with Gasteiger partial charge in [0.25, 0.3) is 5.78 Å². The lowest BCUT2D eigenvalue weighted by molar-refractivity contribution is -0.141. The zero-order chi connectivity index (χ0) is 11.7. The van der Waals surface area contributed by atoms with E-state index in [9.17, 15) is 9.59 Å². The number of rotatable bonds is 7. The topological polar surface area (TPSA) is 79.8 Å². The first-order valence-electron chi connectivity index (χ1n) is 5.09. The summed E-state index contributed by atoms with van der Waals surface area (Å²) >= 11 is 0. The van der Waals surface area contributed by atoms with Gasteiger partial charge in [0.15, 0.2) is 0 Å². The molecule has 0 unspecified atom stereocenters. The van der Waals surface area contributed by atoms with Gasteiger partial charge in [-0.2, -0.15) is 4.79 Å². The average Bonchev–Trinajstić information content (AvgIpc) is 2.19. The number of ether oxygens (including phenoxy) is 1. The predicted molar refractivity (Wildman–Crippen MR) is 54.4 cm³/mol. The van der Waals surface area contributed by atoms with Crippen molar-refractivity contribution in [1.82, 2.24) is 0 Å². The molecular formula is C10H16N2O3. The van der Waals surface area contributed by atoms with Crippen LogP contribution in [0.5, 0.6) is 0 Å². The highest BCUT2D eigenvalue weighted by molar-refractivity contribution is 6.62. The Balaban J connectivity index is 4.24. The predicted octanol–water partition coefficient (Wildman–Crippen LogP) is 1.37. The van der Waals surface area contributed by atoms with E-state index in [0.29, 0.717) is 6.42 Å². The zero-order valence-corrected chi connectivity index (χ0v) is 9.15. The van der Waals surface area contributed by atoms with Crippen LogP contribution in [0, 0.1) is 0 Å². The molecule has 0 aliphatic carbocycles. The monoisotopic (exact) mass is 212 g/mol. The van der Waals surface area contributed by atoms with Crippen molar-refractivity contribution in [2.75, 3.05) is 6.61 Å². The van der Waals surface area contributed by atoms with Crippen LogP contribution in [0.25, 0.3) is 5.53 Å². The SMILES string of the molecule is CCCCCC(=O)C(=[N+]=[N-])C(=O)OCC. The highest BCUT2D eigenvalue weighted by Gasteiger charge is 2.29. The summed E-state index contributed by atoms with van der Waals surface area (Å²) in [5.74, 6) is -1.33. The first-order valence-corrected chi connectivity index (χ1v) is 5.09. The Kier molecular flexibility index (Phi) is 7.10. The molecule has 0 amide bonds. The van der Waals surface area contributed by atoms with Crippen molar-refractivity contribution in [3.05, 3.63) is 5.53 Å². The van der Waals surface area contributed by atoms with E-state index in [1.807, 2.05) is 6.92 Å². The van der Waals surface area contributed by atoms with Gasteiger partial charge in [-0.1, -0.05) is 19.8 Å². The van der Waals surface area contributed by atoms with Crippen LogP contribution in [0.2, 0.25) is 0 Å². The second kappa shape index (κ2) is 7.88. The Bertz CT molecular complexity index is 280. The van der Waals surface area contributed by atoms with Crippen LogP contribution in [0.3, 0.4) is 0 Å². The van der Waals surface area contributed by atoms with Crippen molar-refractivity contribution >= 4 is 17.5 Å². The van der Waals surface area contributed by atoms with Gasteiger partial charge < -0.3 is 10.3 Å². The number of hydrogen-bond donors (Lipinski definition) is 0. The molecule has 0 spiro atoms. The summed E-state index contributed by atoms with van der Waals surface area (Å²) in [6.07, 6.45) is 2.80. The fraction of sp³-hybridized carbons (Fsp3) is 0.700. The van der Waals surface area contributed by atoms with Crippen LogP contribution in [0.4, 0.5) is 0 Å². The molecule has 0 aromatic rings. The molecule has 0 N–H and O–H groups in total. The van der Waals surface area contributed by atoms with E-state index in [1.54, 1.807) is 6.92 Å². The molecule has 15 heavy (non-hydrogen) atoms. The third-order valence-corrected chi connectivity index (χ3v) is 1.84. The molecule has 0 atom stereocenters. The maximum Gasteiger partial charge on any atom is 0.441 e. The number of hydrogen-bond acceptors (Lipinski definition) is 3. The maximum atomic E-state index is 11.4. The van der Waals surface area contributed by atoms with Gasteiger partial charge in [0, 0.05) is 6.42 Å². The molecule has 5 nitrogen and oxygen atoms in total. The van der Waals surface area contributed by atoms with Crippen molar-refractivity contribution in [3.63, 3.8) is 0 Å². The number of carbonyl (C=O) groups excluding carboxylic acids is 2. The van der Waals surface area contributed by atoms with Crippen molar-refractivity contribution < 1.29 is 19.1 Å². The molecule has 0 aromatic heterocycles. The Hall–Kier alpha value is -1.48. The molecule has 0 saturated heterocycles. The Morgan fingerprint density at radius 3 is 2.40 bits per heavy atom. The normalized spacial score (nSPS) is 9.20. The summed E-state index contributed by atoms with van der Waals surface area (Å²) in [6, 6.07) is 0. The van der Waals surface area contributed by atoms with Gasteiger partial charge in [-0.3, -0.25) is 4.79 Å². The van der Waals surface area contributed by atoms with Crippen LogP contribution in [-0.4, -0.2) is 28.9 Å². The highest BCUT2D eigenvalue weighted by atomic mass is 16.5. The van der Waals surface area contributed by atoms with Crippen molar-refractivity contribution in [3.8, 4) is 0 Å². The van der Waals surface area contributed by atoms with Gasteiger partial charge in [0.2, 0.25) is 0 Å². The zero-order valence-electron chi connectivity index (χ0n) is 9.15. The van der Waals surface area contributed by atoms with Gasteiger partial charge in [0.05, 0.1) is 6.61 Å². The van der Waals surface area contributed by atoms with E-state index in [-0.39, 0.29) is 13.0 Å². The van der Waals surface area contributed by atoms with Crippen molar-refractivity contribution in [1.29, 1.82) is 0 Å². The van der Waals surface area contributed by atoms with Crippen molar-refractivity contribution in [2.24, 2.45) is 0 Å². The van der Waals surface area contributed by atoms with Crippen LogP contribution in [0.15, 0.2) is 0 Å². The lowest BCUT2D eigenvalue weighted by atomic mass is 10.1. The second-order valence-corrected chi connectivity index (χ2v) is 3.05. The molecule has 0 aliphatic heterocycles. The van der Waals surface area contributed by atoms with Gasteiger partial charge in [0.1, 0.15) is 0 Å². The first-order chi connectivity index (χ1) is 7.17. The minimum absolute atomic E-state index is 0.153. The molecule has 5 heteroatoms. The quantitative estimate of drug-likeness (QED) is 0.160. The highest BCUT2D eigenvalue weighted by Crippen LogP contribution is 2.00. The van der Waals surface area contributed by atoms with Crippen LogP contribution >= 0.6 is 0 Å². The van der Waals surface area contributed by atoms with Crippen molar-refractivity contribution in [2.45, 2.75) is 39.5 Å². The molecular weight excluding hydrogens is 196 g/mol. The fourth-order valence-corrected chi connectivity index (χ4v) is 1.06. The minimum Gasteiger partial charge on any atom is -0.457 e. The molecule has 0 saturated carbocycles. The van der Waals surface area contributed by atoms with E-state index >= 15 is 0 Å². The van der Waals surface area contributed by atoms with Gasteiger partial charge >= 0.3 is 11.7 Å². The third-order valence-electron chi connectivity index (χ3n) is 1.84. The largest absolute Gasteiger partial charge is 0.457 e. The molecule has 84 valence electrons. The van der Waals surface area contributed by atoms with Crippen LogP contribution in [0.1, 0.15) is 39.5 Å². The summed E-state index contributed by atoms with van der Waals surface area (Å²) in [7, 11) is 0. The molecule has 0 aliphatic rings. The molecule has 0 radical (unpaired) electrons. The van der Waals surface area contributed by atoms with Gasteiger partial charge in [-0.15, -0.1) is 0 Å². The Labute approximate surface area is 89.0 Å². The van der Waals surface area contributed by atoms with E-state index < -0.39 is 17.5 Å². The van der Waals surface area contributed by atoms with E-state index in [4.69, 9.17) is 5.53 Å². The van der Waals surface area contributed by atoms with Crippen LogP contribution in [-0.2, 0) is 14.3 Å². The summed E-state index contributed by atoms with van der Waals surface area (Å²) in [5.41, 5.74) is 8.01. The number of unbranched alkanes of at least 4 members (excludes halogenated alkanes) is 2. The first kappa shape index (κ1) is 13.5. The number of nitrogens with zero attached hydrogens (tertiary/aromatic N) is 2.